The van der Waals surface area contributed by atoms with E-state index in [0.717, 1.165) is 18.0 Å². The van der Waals surface area contributed by atoms with Gasteiger partial charge in [-0.1, -0.05) is 27.7 Å². The predicted molar refractivity (Wildman–Crippen MR) is 72.7 cm³/mol. The van der Waals surface area contributed by atoms with E-state index in [1.54, 1.807) is 0 Å². The van der Waals surface area contributed by atoms with Crippen molar-refractivity contribution in [3.63, 3.8) is 0 Å². The van der Waals surface area contributed by atoms with Crippen molar-refractivity contribution in [3.05, 3.63) is 0 Å². The van der Waals surface area contributed by atoms with Gasteiger partial charge in [0.25, 0.3) is 0 Å². The zero-order valence-electron chi connectivity index (χ0n) is 12.6. The molecule has 0 aromatic rings. The summed E-state index contributed by atoms with van der Waals surface area (Å²) in [5.74, 6) is 0.840. The molecule has 96 valence electrons. The summed E-state index contributed by atoms with van der Waals surface area (Å²) in [5, 5.41) is 0. The minimum atomic E-state index is 0.306. The number of hydrogen-bond acceptors (Lipinski definition) is 1. The van der Waals surface area contributed by atoms with Crippen molar-refractivity contribution in [3.8, 4) is 0 Å². The molecule has 0 radical (unpaired) electrons. The van der Waals surface area contributed by atoms with Crippen LogP contribution >= 0.6 is 0 Å². The van der Waals surface area contributed by atoms with Crippen LogP contribution in [0.15, 0.2) is 0 Å². The Morgan fingerprint density at radius 1 is 1.06 bits per heavy atom. The van der Waals surface area contributed by atoms with Crippen molar-refractivity contribution in [2.45, 2.75) is 85.9 Å². The molecule has 0 bridgehead atoms. The van der Waals surface area contributed by atoms with Crippen LogP contribution in [0.25, 0.3) is 0 Å². The van der Waals surface area contributed by atoms with E-state index in [0.29, 0.717) is 11.0 Å². The van der Waals surface area contributed by atoms with Crippen LogP contribution in [0.1, 0.15) is 68.2 Å². The van der Waals surface area contributed by atoms with Crippen molar-refractivity contribution >= 4 is 0 Å². The van der Waals surface area contributed by atoms with Gasteiger partial charge in [-0.3, -0.25) is 4.90 Å². The summed E-state index contributed by atoms with van der Waals surface area (Å²) < 4.78 is 0. The van der Waals surface area contributed by atoms with Gasteiger partial charge in [-0.25, -0.2) is 0 Å². The zero-order chi connectivity index (χ0) is 12.7. The molecule has 0 aliphatic carbocycles. The molecular formula is C15H31N. The first kappa shape index (κ1) is 14.0. The lowest BCUT2D eigenvalue weighted by atomic mass is 9.75. The smallest absolute Gasteiger partial charge is 0.0134 e. The second-order valence-corrected chi connectivity index (χ2v) is 7.61. The SMILES string of the molecule is CCC1C(C(C)(C)C)CC(C)N1C(C)(C)C. The highest BCUT2D eigenvalue weighted by Gasteiger charge is 2.46. The molecule has 1 fully saturated rings. The maximum absolute atomic E-state index is 2.75. The van der Waals surface area contributed by atoms with Gasteiger partial charge < -0.3 is 0 Å². The van der Waals surface area contributed by atoms with Crippen LogP contribution in [0.3, 0.4) is 0 Å². The number of likely N-dealkylation sites (tertiary alicyclic amines) is 1. The van der Waals surface area contributed by atoms with Gasteiger partial charge in [0, 0.05) is 17.6 Å². The summed E-state index contributed by atoms with van der Waals surface area (Å²) in [4.78, 5) is 2.75. The summed E-state index contributed by atoms with van der Waals surface area (Å²) in [6.45, 7) is 19.0. The van der Waals surface area contributed by atoms with Gasteiger partial charge >= 0.3 is 0 Å². The molecule has 0 aromatic carbocycles. The Balaban J connectivity index is 2.97. The molecule has 1 saturated heterocycles. The third kappa shape index (κ3) is 2.61. The van der Waals surface area contributed by atoms with Crippen molar-refractivity contribution < 1.29 is 0 Å². The maximum Gasteiger partial charge on any atom is 0.0134 e. The molecule has 1 nitrogen and oxygen atoms in total. The molecule has 1 aliphatic rings. The van der Waals surface area contributed by atoms with Crippen molar-refractivity contribution in [1.29, 1.82) is 0 Å². The molecule has 0 saturated carbocycles. The lowest BCUT2D eigenvalue weighted by Gasteiger charge is -2.42. The van der Waals surface area contributed by atoms with E-state index >= 15 is 0 Å². The molecule has 3 unspecified atom stereocenters. The summed E-state index contributed by atoms with van der Waals surface area (Å²) in [7, 11) is 0. The fourth-order valence-electron chi connectivity index (χ4n) is 3.73. The van der Waals surface area contributed by atoms with Crippen LogP contribution < -0.4 is 0 Å². The van der Waals surface area contributed by atoms with Gasteiger partial charge in [-0.2, -0.15) is 0 Å². The Morgan fingerprint density at radius 2 is 1.56 bits per heavy atom. The van der Waals surface area contributed by atoms with E-state index < -0.39 is 0 Å². The van der Waals surface area contributed by atoms with E-state index in [1.165, 1.54) is 12.8 Å². The first-order valence-electron chi connectivity index (χ1n) is 6.87. The quantitative estimate of drug-likeness (QED) is 0.642. The summed E-state index contributed by atoms with van der Waals surface area (Å²) >= 11 is 0. The molecule has 16 heavy (non-hydrogen) atoms. The first-order chi connectivity index (χ1) is 7.09. The fourth-order valence-corrected chi connectivity index (χ4v) is 3.73. The lowest BCUT2D eigenvalue weighted by Crippen LogP contribution is -2.49. The highest BCUT2D eigenvalue weighted by atomic mass is 15.3. The zero-order valence-corrected chi connectivity index (χ0v) is 12.6. The van der Waals surface area contributed by atoms with Gasteiger partial charge in [-0.15, -0.1) is 0 Å². The largest absolute Gasteiger partial charge is 0.293 e. The van der Waals surface area contributed by atoms with Gasteiger partial charge in [-0.05, 0) is 51.9 Å². The van der Waals surface area contributed by atoms with E-state index in [9.17, 15) is 0 Å². The molecule has 0 aromatic heterocycles. The normalized spacial score (nSPS) is 33.4. The van der Waals surface area contributed by atoms with Crippen LogP contribution in [0.2, 0.25) is 0 Å². The van der Waals surface area contributed by atoms with Gasteiger partial charge in [0.15, 0.2) is 0 Å². The first-order valence-corrected chi connectivity index (χ1v) is 6.87. The average molecular weight is 225 g/mol. The molecule has 1 rings (SSSR count). The Morgan fingerprint density at radius 3 is 1.88 bits per heavy atom. The van der Waals surface area contributed by atoms with E-state index in [2.05, 4.69) is 60.3 Å². The minimum absolute atomic E-state index is 0.306. The molecule has 1 heteroatoms. The predicted octanol–water partition coefficient (Wildman–Crippen LogP) is 4.32. The third-order valence-corrected chi connectivity index (χ3v) is 4.20. The van der Waals surface area contributed by atoms with Crippen LogP contribution in [0.5, 0.6) is 0 Å². The van der Waals surface area contributed by atoms with Crippen LogP contribution in [-0.2, 0) is 0 Å². The summed E-state index contributed by atoms with van der Waals surface area (Å²) in [5.41, 5.74) is 0.745. The molecule has 1 heterocycles. The molecule has 0 N–H and O–H groups in total. The van der Waals surface area contributed by atoms with Crippen molar-refractivity contribution in [2.75, 3.05) is 0 Å². The van der Waals surface area contributed by atoms with Crippen LogP contribution in [-0.4, -0.2) is 22.5 Å². The van der Waals surface area contributed by atoms with E-state index in [-0.39, 0.29) is 0 Å². The van der Waals surface area contributed by atoms with Crippen molar-refractivity contribution in [1.82, 2.24) is 4.90 Å². The third-order valence-electron chi connectivity index (χ3n) is 4.20. The average Bonchev–Trinajstić information content (AvgIpc) is 2.40. The highest BCUT2D eigenvalue weighted by Crippen LogP contribution is 2.45. The van der Waals surface area contributed by atoms with Crippen molar-refractivity contribution in [2.24, 2.45) is 11.3 Å². The fraction of sp³-hybridized carbons (Fsp3) is 1.00. The standard InChI is InChI=1S/C15H31N/c1-9-13-12(14(3,4)5)10-11(2)16(13)15(6,7)8/h11-13H,9-10H2,1-8H3. The molecule has 3 atom stereocenters. The molecule has 0 spiro atoms. The van der Waals surface area contributed by atoms with Gasteiger partial charge in [0.1, 0.15) is 0 Å². The summed E-state index contributed by atoms with van der Waals surface area (Å²) in [6, 6.07) is 1.49. The number of hydrogen-bond donors (Lipinski definition) is 0. The Kier molecular flexibility index (Phi) is 3.79. The highest BCUT2D eigenvalue weighted by molar-refractivity contribution is 5.00. The topological polar surface area (TPSA) is 3.24 Å². The Labute approximate surface area is 103 Å². The minimum Gasteiger partial charge on any atom is -0.293 e. The second-order valence-electron chi connectivity index (χ2n) is 7.61. The number of rotatable bonds is 1. The van der Waals surface area contributed by atoms with E-state index in [4.69, 9.17) is 0 Å². The monoisotopic (exact) mass is 225 g/mol. The van der Waals surface area contributed by atoms with Crippen LogP contribution in [0.4, 0.5) is 0 Å². The molecule has 1 aliphatic heterocycles. The lowest BCUT2D eigenvalue weighted by molar-refractivity contribution is 0.0556. The Bertz CT molecular complexity index is 231. The summed E-state index contributed by atoms with van der Waals surface area (Å²) in [6.07, 6.45) is 2.64. The van der Waals surface area contributed by atoms with E-state index in [1.807, 2.05) is 0 Å². The molecule has 0 amide bonds. The van der Waals surface area contributed by atoms with Gasteiger partial charge in [0.2, 0.25) is 0 Å². The molecular weight excluding hydrogens is 194 g/mol. The van der Waals surface area contributed by atoms with Gasteiger partial charge in [0.05, 0.1) is 0 Å². The second kappa shape index (κ2) is 4.33. The van der Waals surface area contributed by atoms with Crippen LogP contribution in [0, 0.1) is 11.3 Å². The Hall–Kier alpha value is -0.0400. The number of nitrogens with zero attached hydrogens (tertiary/aromatic N) is 1. The maximum atomic E-state index is 2.75.